The van der Waals surface area contributed by atoms with Crippen molar-refractivity contribution in [3.05, 3.63) is 71.8 Å². The molecule has 1 heterocycles. The first-order chi connectivity index (χ1) is 14.4. The molecule has 1 aliphatic heterocycles. The Hall–Kier alpha value is -2.70. The van der Waals surface area contributed by atoms with Gasteiger partial charge in [0.25, 0.3) is 0 Å². The van der Waals surface area contributed by atoms with Gasteiger partial charge in [-0.05, 0) is 66.8 Å². The summed E-state index contributed by atoms with van der Waals surface area (Å²) in [5.74, 6) is 0.554. The van der Waals surface area contributed by atoms with Gasteiger partial charge in [-0.2, -0.15) is 0 Å². The van der Waals surface area contributed by atoms with Gasteiger partial charge < -0.3 is 14.6 Å². The van der Waals surface area contributed by atoms with Crippen LogP contribution in [-0.4, -0.2) is 26.5 Å². The van der Waals surface area contributed by atoms with Crippen LogP contribution in [-0.2, 0) is 27.7 Å². The zero-order chi connectivity index (χ0) is 21.3. The van der Waals surface area contributed by atoms with Crippen LogP contribution in [0.4, 0.5) is 5.69 Å². The number of aryl methyl sites for hydroxylation is 1. The summed E-state index contributed by atoms with van der Waals surface area (Å²) < 4.78 is 27.6. The average Bonchev–Trinajstić information content (AvgIpc) is 2.96. The summed E-state index contributed by atoms with van der Waals surface area (Å²) in [7, 11) is 0. The molecule has 3 aromatic rings. The lowest BCUT2D eigenvalue weighted by Crippen LogP contribution is -2.27. The van der Waals surface area contributed by atoms with Crippen molar-refractivity contribution in [3.8, 4) is 5.75 Å². The first kappa shape index (κ1) is 20.6. The third-order valence-electron chi connectivity index (χ3n) is 5.82. The van der Waals surface area contributed by atoms with Crippen molar-refractivity contribution in [1.82, 2.24) is 0 Å². The standard InChI is InChI=1S/C24H25NO4S/c1-24(2)21-14-18(11-13-22(21)25-23(24)26)29-15-19(30(27)28)12-10-17-8-5-7-16-6-3-4-9-20(16)17/h3-9,11,13-14,19H,10,12,15H2,1-2H3,(H,25,26)(H,27,28). The van der Waals surface area contributed by atoms with E-state index in [1.165, 1.54) is 5.39 Å². The Bertz CT molecular complexity index is 1120. The number of carbonyl (C=O) groups is 1. The first-order valence-electron chi connectivity index (χ1n) is 10.0. The third-order valence-corrected chi connectivity index (χ3v) is 6.76. The van der Waals surface area contributed by atoms with Crippen LogP contribution in [0.25, 0.3) is 10.8 Å². The molecule has 2 N–H and O–H groups in total. The van der Waals surface area contributed by atoms with Gasteiger partial charge in [0.1, 0.15) is 12.4 Å². The van der Waals surface area contributed by atoms with E-state index in [2.05, 4.69) is 29.6 Å². The molecule has 4 rings (SSSR count). The lowest BCUT2D eigenvalue weighted by atomic mass is 9.86. The molecule has 30 heavy (non-hydrogen) atoms. The Morgan fingerprint density at radius 1 is 1.10 bits per heavy atom. The van der Waals surface area contributed by atoms with Crippen molar-refractivity contribution < 1.29 is 18.3 Å². The predicted octanol–water partition coefficient (Wildman–Crippen LogP) is 4.67. The molecule has 0 spiro atoms. The zero-order valence-corrected chi connectivity index (χ0v) is 17.9. The summed E-state index contributed by atoms with van der Waals surface area (Å²) in [6.45, 7) is 3.87. The molecule has 6 heteroatoms. The number of fused-ring (bicyclic) bond motifs is 2. The summed E-state index contributed by atoms with van der Waals surface area (Å²) in [6.07, 6.45) is 1.23. The largest absolute Gasteiger partial charge is 0.492 e. The SMILES string of the molecule is CC1(C)C(=O)Nc2ccc(OCC(CCc3cccc4ccccc34)S(=O)O)cc21. The number of amides is 1. The number of ether oxygens (including phenoxy) is 1. The number of hydrogen-bond donors (Lipinski definition) is 2. The van der Waals surface area contributed by atoms with Gasteiger partial charge in [0.15, 0.2) is 11.1 Å². The fourth-order valence-electron chi connectivity index (χ4n) is 3.90. The average molecular weight is 424 g/mol. The Morgan fingerprint density at radius 3 is 2.67 bits per heavy atom. The zero-order valence-electron chi connectivity index (χ0n) is 17.1. The summed E-state index contributed by atoms with van der Waals surface area (Å²) in [5, 5.41) is 4.69. The van der Waals surface area contributed by atoms with Crippen LogP contribution >= 0.6 is 0 Å². The van der Waals surface area contributed by atoms with E-state index in [0.717, 1.165) is 22.2 Å². The molecule has 0 bridgehead atoms. The summed E-state index contributed by atoms with van der Waals surface area (Å²) in [6, 6.07) is 19.7. The van der Waals surface area contributed by atoms with E-state index in [1.807, 2.05) is 44.2 Å². The van der Waals surface area contributed by atoms with Crippen LogP contribution in [0.2, 0.25) is 0 Å². The highest BCUT2D eigenvalue weighted by Crippen LogP contribution is 2.39. The summed E-state index contributed by atoms with van der Waals surface area (Å²) >= 11 is -2.00. The van der Waals surface area contributed by atoms with Gasteiger partial charge in [-0.25, -0.2) is 4.21 Å². The van der Waals surface area contributed by atoms with Crippen molar-refractivity contribution in [2.24, 2.45) is 0 Å². The smallest absolute Gasteiger partial charge is 0.234 e. The topological polar surface area (TPSA) is 75.6 Å². The molecule has 1 amide bonds. The van der Waals surface area contributed by atoms with Crippen LogP contribution < -0.4 is 10.1 Å². The minimum absolute atomic E-state index is 0.0425. The molecule has 156 valence electrons. The number of rotatable bonds is 7. The molecule has 2 atom stereocenters. The van der Waals surface area contributed by atoms with Crippen molar-refractivity contribution >= 4 is 33.4 Å². The normalized spacial score (nSPS) is 16.7. The van der Waals surface area contributed by atoms with E-state index in [4.69, 9.17) is 4.74 Å². The van der Waals surface area contributed by atoms with Crippen LogP contribution in [0.5, 0.6) is 5.75 Å². The molecular formula is C24H25NO4S. The highest BCUT2D eigenvalue weighted by molar-refractivity contribution is 7.79. The molecule has 0 radical (unpaired) electrons. The van der Waals surface area contributed by atoms with E-state index in [1.54, 1.807) is 6.07 Å². The van der Waals surface area contributed by atoms with Gasteiger partial charge >= 0.3 is 0 Å². The molecule has 2 unspecified atom stereocenters. The second-order valence-electron chi connectivity index (χ2n) is 8.17. The molecular weight excluding hydrogens is 398 g/mol. The predicted molar refractivity (Wildman–Crippen MR) is 120 cm³/mol. The molecule has 0 aromatic heterocycles. The van der Waals surface area contributed by atoms with E-state index in [9.17, 15) is 13.6 Å². The van der Waals surface area contributed by atoms with Crippen molar-refractivity contribution in [3.63, 3.8) is 0 Å². The van der Waals surface area contributed by atoms with E-state index >= 15 is 0 Å². The molecule has 0 saturated carbocycles. The number of hydrogen-bond acceptors (Lipinski definition) is 3. The second-order valence-corrected chi connectivity index (χ2v) is 9.39. The number of carbonyl (C=O) groups excluding carboxylic acids is 1. The number of anilines is 1. The molecule has 0 saturated heterocycles. The summed E-state index contributed by atoms with van der Waals surface area (Å²) in [4.78, 5) is 12.1. The lowest BCUT2D eigenvalue weighted by molar-refractivity contribution is -0.119. The van der Waals surface area contributed by atoms with E-state index < -0.39 is 21.7 Å². The van der Waals surface area contributed by atoms with Crippen molar-refractivity contribution in [1.29, 1.82) is 0 Å². The highest BCUT2D eigenvalue weighted by atomic mass is 32.2. The van der Waals surface area contributed by atoms with Gasteiger partial charge in [0.05, 0.1) is 10.7 Å². The fourth-order valence-corrected chi connectivity index (χ4v) is 4.40. The van der Waals surface area contributed by atoms with Gasteiger partial charge in [0.2, 0.25) is 5.91 Å². The van der Waals surface area contributed by atoms with Crippen LogP contribution in [0.3, 0.4) is 0 Å². The molecule has 5 nitrogen and oxygen atoms in total. The van der Waals surface area contributed by atoms with Crippen LogP contribution in [0.15, 0.2) is 60.7 Å². The summed E-state index contributed by atoms with van der Waals surface area (Å²) in [5.41, 5.74) is 2.20. The molecule has 0 aliphatic carbocycles. The van der Waals surface area contributed by atoms with E-state index in [0.29, 0.717) is 18.6 Å². The Kier molecular flexibility index (Phi) is 5.62. The maximum absolute atomic E-state index is 12.1. The second kappa shape index (κ2) is 8.20. The van der Waals surface area contributed by atoms with Gasteiger partial charge in [0, 0.05) is 5.69 Å². The minimum atomic E-state index is -2.00. The number of benzene rings is 3. The quantitative estimate of drug-likeness (QED) is 0.542. The van der Waals surface area contributed by atoms with Gasteiger partial charge in [-0.15, -0.1) is 0 Å². The first-order valence-corrected chi connectivity index (χ1v) is 11.2. The van der Waals surface area contributed by atoms with Gasteiger partial charge in [-0.1, -0.05) is 42.5 Å². The fraction of sp³-hybridized carbons (Fsp3) is 0.292. The van der Waals surface area contributed by atoms with Crippen molar-refractivity contribution in [2.75, 3.05) is 11.9 Å². The maximum atomic E-state index is 12.1. The van der Waals surface area contributed by atoms with Crippen molar-refractivity contribution in [2.45, 2.75) is 37.4 Å². The minimum Gasteiger partial charge on any atom is -0.492 e. The van der Waals surface area contributed by atoms with Crippen LogP contribution in [0, 0.1) is 0 Å². The Labute approximate surface area is 178 Å². The number of nitrogens with one attached hydrogen (secondary N) is 1. The molecule has 3 aromatic carbocycles. The maximum Gasteiger partial charge on any atom is 0.234 e. The highest BCUT2D eigenvalue weighted by Gasteiger charge is 2.38. The third kappa shape index (κ3) is 3.98. The van der Waals surface area contributed by atoms with Gasteiger partial charge in [-0.3, -0.25) is 4.79 Å². The van der Waals surface area contributed by atoms with E-state index in [-0.39, 0.29) is 12.5 Å². The molecule has 0 fully saturated rings. The monoisotopic (exact) mass is 423 g/mol. The Morgan fingerprint density at radius 2 is 1.87 bits per heavy atom. The van der Waals surface area contributed by atoms with Crippen LogP contribution in [0.1, 0.15) is 31.4 Å². The Balaban J connectivity index is 1.44. The lowest BCUT2D eigenvalue weighted by Gasteiger charge is -2.18. The molecule has 1 aliphatic rings.